The summed E-state index contributed by atoms with van der Waals surface area (Å²) in [7, 11) is 0. The van der Waals surface area contributed by atoms with Crippen molar-refractivity contribution in [3.63, 3.8) is 0 Å². The highest BCUT2D eigenvalue weighted by molar-refractivity contribution is 5.80. The summed E-state index contributed by atoms with van der Waals surface area (Å²) in [5, 5.41) is 9.46. The molecule has 1 rings (SSSR count). The smallest absolute Gasteiger partial charge is 0.308 e. The predicted octanol–water partition coefficient (Wildman–Crippen LogP) is 3.11. The van der Waals surface area contributed by atoms with Crippen molar-refractivity contribution in [3.8, 4) is 0 Å². The number of hydrogen-bond acceptors (Lipinski definition) is 3. The Morgan fingerprint density at radius 3 is 2.50 bits per heavy atom. The Morgan fingerprint density at radius 1 is 1.45 bits per heavy atom. The second-order valence-corrected chi connectivity index (χ2v) is 5.99. The lowest BCUT2D eigenvalue weighted by Crippen LogP contribution is -2.36. The first-order valence-corrected chi connectivity index (χ1v) is 6.63. The molecule has 1 aliphatic carbocycles. The van der Waals surface area contributed by atoms with E-state index in [1.54, 1.807) is 39.0 Å². The Hall–Kier alpha value is -1.84. The lowest BCUT2D eigenvalue weighted by molar-refractivity contribution is -0.161. The number of allylic oxidation sites excluding steroid dienone is 5. The average molecular weight is 278 g/mol. The standard InChI is InChI=1S/C16H22O4/c1-5-16(9-7-6-8-10-16)12(14(18)19)11-13(17)20-15(2,3)4/h5-9,12H,1,10-11H2,2-4H3,(H,18,19). The van der Waals surface area contributed by atoms with E-state index < -0.39 is 28.9 Å². The van der Waals surface area contributed by atoms with Crippen LogP contribution in [0.1, 0.15) is 33.6 Å². The van der Waals surface area contributed by atoms with Gasteiger partial charge in [-0.25, -0.2) is 0 Å². The fourth-order valence-corrected chi connectivity index (χ4v) is 2.26. The summed E-state index contributed by atoms with van der Waals surface area (Å²) in [5.74, 6) is -2.40. The zero-order valence-electron chi connectivity index (χ0n) is 12.3. The second-order valence-electron chi connectivity index (χ2n) is 5.99. The summed E-state index contributed by atoms with van der Waals surface area (Å²) < 4.78 is 5.22. The number of ether oxygens (including phenoxy) is 1. The monoisotopic (exact) mass is 278 g/mol. The molecule has 0 aliphatic heterocycles. The first-order valence-electron chi connectivity index (χ1n) is 6.63. The molecule has 1 N–H and O–H groups in total. The number of carbonyl (C=O) groups is 2. The maximum absolute atomic E-state index is 11.9. The maximum atomic E-state index is 11.9. The Kier molecular flexibility index (Phi) is 4.93. The fraction of sp³-hybridized carbons (Fsp3) is 0.500. The van der Waals surface area contributed by atoms with Gasteiger partial charge < -0.3 is 9.84 Å². The molecule has 0 saturated carbocycles. The van der Waals surface area contributed by atoms with E-state index in [0.29, 0.717) is 6.42 Å². The van der Waals surface area contributed by atoms with Gasteiger partial charge in [-0.3, -0.25) is 9.59 Å². The molecular formula is C16H22O4. The quantitative estimate of drug-likeness (QED) is 0.620. The van der Waals surface area contributed by atoms with E-state index in [9.17, 15) is 14.7 Å². The number of hydrogen-bond donors (Lipinski definition) is 1. The SMILES string of the molecule is C=CC1(C(CC(=O)OC(C)(C)C)C(=O)O)C=CC=CC1. The van der Waals surface area contributed by atoms with Crippen LogP contribution >= 0.6 is 0 Å². The molecule has 0 spiro atoms. The topological polar surface area (TPSA) is 63.6 Å². The Balaban J connectivity index is 2.92. The molecule has 0 radical (unpaired) electrons. The normalized spacial score (nSPS) is 23.1. The summed E-state index contributed by atoms with van der Waals surface area (Å²) in [6.45, 7) is 9.01. The highest BCUT2D eigenvalue weighted by atomic mass is 16.6. The van der Waals surface area contributed by atoms with Gasteiger partial charge >= 0.3 is 11.9 Å². The summed E-state index contributed by atoms with van der Waals surface area (Å²) in [4.78, 5) is 23.5. The maximum Gasteiger partial charge on any atom is 0.308 e. The molecule has 0 fully saturated rings. The van der Waals surface area contributed by atoms with Gasteiger partial charge in [-0.15, -0.1) is 6.58 Å². The Bertz CT molecular complexity index is 454. The van der Waals surface area contributed by atoms with E-state index in [4.69, 9.17) is 4.74 Å². The van der Waals surface area contributed by atoms with Crippen molar-refractivity contribution < 1.29 is 19.4 Å². The van der Waals surface area contributed by atoms with Gasteiger partial charge in [-0.2, -0.15) is 0 Å². The van der Waals surface area contributed by atoms with Crippen LogP contribution < -0.4 is 0 Å². The molecule has 0 bridgehead atoms. The van der Waals surface area contributed by atoms with Crippen LogP contribution in [0.2, 0.25) is 0 Å². The molecule has 2 unspecified atom stereocenters. The highest BCUT2D eigenvalue weighted by Gasteiger charge is 2.40. The van der Waals surface area contributed by atoms with E-state index in [2.05, 4.69) is 6.58 Å². The van der Waals surface area contributed by atoms with E-state index in [1.807, 2.05) is 12.2 Å². The van der Waals surface area contributed by atoms with Crippen LogP contribution in [-0.4, -0.2) is 22.6 Å². The van der Waals surface area contributed by atoms with Crippen molar-refractivity contribution in [2.24, 2.45) is 11.3 Å². The van der Waals surface area contributed by atoms with Crippen molar-refractivity contribution in [3.05, 3.63) is 37.0 Å². The van der Waals surface area contributed by atoms with Crippen LogP contribution in [0, 0.1) is 11.3 Å². The molecule has 0 amide bonds. The van der Waals surface area contributed by atoms with Gasteiger partial charge in [0.15, 0.2) is 0 Å². The van der Waals surface area contributed by atoms with Crippen LogP contribution in [0.4, 0.5) is 0 Å². The molecule has 0 aromatic heterocycles. The third-order valence-corrected chi connectivity index (χ3v) is 3.24. The second kappa shape index (κ2) is 6.07. The number of carboxylic acid groups (broad SMARTS) is 1. The molecule has 4 nitrogen and oxygen atoms in total. The average Bonchev–Trinajstić information content (AvgIpc) is 2.34. The van der Waals surface area contributed by atoms with Gasteiger partial charge in [0.1, 0.15) is 5.60 Å². The van der Waals surface area contributed by atoms with Crippen LogP contribution in [0.25, 0.3) is 0 Å². The molecule has 2 atom stereocenters. The molecule has 1 aliphatic rings. The Labute approximate surface area is 119 Å². The zero-order valence-corrected chi connectivity index (χ0v) is 12.3. The van der Waals surface area contributed by atoms with Crippen LogP contribution in [-0.2, 0) is 14.3 Å². The third kappa shape index (κ3) is 4.08. The van der Waals surface area contributed by atoms with Crippen LogP contribution in [0.3, 0.4) is 0 Å². The summed E-state index contributed by atoms with van der Waals surface area (Å²) in [5.41, 5.74) is -1.36. The lowest BCUT2D eigenvalue weighted by atomic mass is 9.70. The summed E-state index contributed by atoms with van der Waals surface area (Å²) >= 11 is 0. The molecule has 0 aromatic carbocycles. The van der Waals surface area contributed by atoms with E-state index >= 15 is 0 Å². The number of rotatable bonds is 5. The van der Waals surface area contributed by atoms with Gasteiger partial charge in [0.05, 0.1) is 12.3 Å². The van der Waals surface area contributed by atoms with Gasteiger partial charge in [0.2, 0.25) is 0 Å². The summed E-state index contributed by atoms with van der Waals surface area (Å²) in [6.07, 6.45) is 9.28. The van der Waals surface area contributed by atoms with Gasteiger partial charge in [0, 0.05) is 5.41 Å². The minimum Gasteiger partial charge on any atom is -0.481 e. The predicted molar refractivity (Wildman–Crippen MR) is 77.1 cm³/mol. The van der Waals surface area contributed by atoms with E-state index in [-0.39, 0.29) is 6.42 Å². The van der Waals surface area contributed by atoms with Crippen LogP contribution in [0.15, 0.2) is 37.0 Å². The molecule has 20 heavy (non-hydrogen) atoms. The number of carboxylic acids is 1. The molecule has 4 heteroatoms. The first-order chi connectivity index (χ1) is 9.20. The minimum atomic E-state index is -1.02. The third-order valence-electron chi connectivity index (χ3n) is 3.24. The summed E-state index contributed by atoms with van der Waals surface area (Å²) in [6, 6.07) is 0. The molecule has 0 saturated heterocycles. The van der Waals surface area contributed by atoms with Crippen molar-refractivity contribution >= 4 is 11.9 Å². The number of aliphatic carboxylic acids is 1. The number of esters is 1. The number of carbonyl (C=O) groups excluding carboxylic acids is 1. The Morgan fingerprint density at radius 2 is 2.10 bits per heavy atom. The highest BCUT2D eigenvalue weighted by Crippen LogP contribution is 2.40. The van der Waals surface area contributed by atoms with Crippen molar-refractivity contribution in [1.82, 2.24) is 0 Å². The van der Waals surface area contributed by atoms with Crippen molar-refractivity contribution in [2.45, 2.75) is 39.2 Å². The molecule has 0 aromatic rings. The molecule has 110 valence electrons. The van der Waals surface area contributed by atoms with E-state index in [1.165, 1.54) is 0 Å². The van der Waals surface area contributed by atoms with Crippen molar-refractivity contribution in [2.75, 3.05) is 0 Å². The lowest BCUT2D eigenvalue weighted by Gasteiger charge is -2.34. The van der Waals surface area contributed by atoms with Gasteiger partial charge in [0.25, 0.3) is 0 Å². The molecule has 0 heterocycles. The van der Waals surface area contributed by atoms with Crippen LogP contribution in [0.5, 0.6) is 0 Å². The van der Waals surface area contributed by atoms with E-state index in [0.717, 1.165) is 0 Å². The van der Waals surface area contributed by atoms with Gasteiger partial charge in [-0.05, 0) is 27.2 Å². The van der Waals surface area contributed by atoms with Gasteiger partial charge in [-0.1, -0.05) is 30.4 Å². The first kappa shape index (κ1) is 16.2. The largest absolute Gasteiger partial charge is 0.481 e. The zero-order chi connectivity index (χ0) is 15.4. The fourth-order valence-electron chi connectivity index (χ4n) is 2.26. The van der Waals surface area contributed by atoms with Crippen molar-refractivity contribution in [1.29, 1.82) is 0 Å². The molecular weight excluding hydrogens is 256 g/mol. The minimum absolute atomic E-state index is 0.170.